The lowest BCUT2D eigenvalue weighted by Gasteiger charge is -1.93. The molecule has 0 saturated carbocycles. The summed E-state index contributed by atoms with van der Waals surface area (Å²) in [6, 6.07) is 0. The Morgan fingerprint density at radius 1 is 1.22 bits per heavy atom. The molecule has 0 heterocycles. The fourth-order valence-electron chi connectivity index (χ4n) is 0. The van der Waals surface area contributed by atoms with Crippen LogP contribution in [-0.4, -0.2) is 13.9 Å². The van der Waals surface area contributed by atoms with Crippen molar-refractivity contribution in [3.63, 3.8) is 0 Å². The molecule has 7 heteroatoms. The van der Waals surface area contributed by atoms with Crippen molar-refractivity contribution in [2.75, 3.05) is 0 Å². The molecule has 9 heavy (non-hydrogen) atoms. The van der Waals surface area contributed by atoms with Crippen LogP contribution in [0.25, 0.3) is 0 Å². The number of hydrogen-bond acceptors (Lipinski definition) is 2. The second-order valence-electron chi connectivity index (χ2n) is 0.949. The second kappa shape index (κ2) is 2.78. The summed E-state index contributed by atoms with van der Waals surface area (Å²) in [4.78, 5) is 0. The molecule has 0 spiro atoms. The fourth-order valence-corrected chi connectivity index (χ4v) is 0. The molecule has 0 aromatic carbocycles. The average molecular weight is 183 g/mol. The van der Waals surface area contributed by atoms with Crippen molar-refractivity contribution in [3.05, 3.63) is 0 Å². The molecule has 0 aliphatic carbocycles. The summed E-state index contributed by atoms with van der Waals surface area (Å²) in [6.45, 7) is 0. The maximum Gasteiger partial charge on any atom is 0.543 e. The van der Waals surface area contributed by atoms with Crippen LogP contribution in [-0.2, 0) is 20.5 Å². The largest absolute Gasteiger partial charge is 0.543 e. The molecule has 0 N–H and O–H groups in total. The molecule has 0 fully saturated rings. The van der Waals surface area contributed by atoms with E-state index in [-0.39, 0.29) is 7.43 Å². The van der Waals surface area contributed by atoms with Crippen LogP contribution in [0, 0.1) is 0 Å². The van der Waals surface area contributed by atoms with E-state index in [1.54, 1.807) is 0 Å². The second-order valence-corrected chi connectivity index (χ2v) is 4.03. The first-order chi connectivity index (χ1) is 3.25. The Morgan fingerprint density at radius 3 is 1.33 bits per heavy atom. The molecule has 0 radical (unpaired) electrons. The lowest BCUT2D eigenvalue weighted by atomic mass is 11.6. The fraction of sp³-hybridized carbons (Fsp3) is 1.00. The molecule has 0 aromatic rings. The molecular formula is C2H6F3O2S2+. The Bertz CT molecular complexity index is 167. The Balaban J connectivity index is 0. The SMILES string of the molecule is C.O=S(=O)([SH2+])C(F)(F)F. The molecule has 0 aliphatic rings. The van der Waals surface area contributed by atoms with Crippen LogP contribution in [0.15, 0.2) is 0 Å². The van der Waals surface area contributed by atoms with Gasteiger partial charge in [0, 0.05) is 0 Å². The van der Waals surface area contributed by atoms with Gasteiger partial charge in [0.15, 0.2) is 0 Å². The van der Waals surface area contributed by atoms with Gasteiger partial charge in [-0.25, -0.2) is 0 Å². The summed E-state index contributed by atoms with van der Waals surface area (Å²) in [5.74, 6) is 0. The maximum absolute atomic E-state index is 10.9. The number of hydrogen-bond donors (Lipinski definition) is 0. The van der Waals surface area contributed by atoms with Gasteiger partial charge >= 0.3 is 14.4 Å². The molecule has 2 nitrogen and oxygen atoms in total. The van der Waals surface area contributed by atoms with Crippen LogP contribution in [0.3, 0.4) is 0 Å². The van der Waals surface area contributed by atoms with E-state index in [4.69, 9.17) is 0 Å². The summed E-state index contributed by atoms with van der Waals surface area (Å²) in [7, 11) is -5.03. The van der Waals surface area contributed by atoms with Crippen molar-refractivity contribution in [2.24, 2.45) is 0 Å². The minimum absolute atomic E-state index is 0. The van der Waals surface area contributed by atoms with E-state index in [1.165, 1.54) is 11.7 Å². The minimum atomic E-state index is -5.18. The zero-order valence-corrected chi connectivity index (χ0v) is 5.18. The van der Waals surface area contributed by atoms with Crippen LogP contribution in [0.5, 0.6) is 0 Å². The Hall–Kier alpha value is 0.0900. The van der Waals surface area contributed by atoms with Crippen LogP contribution in [0.4, 0.5) is 13.2 Å². The highest BCUT2D eigenvalue weighted by molar-refractivity contribution is 8.53. The van der Waals surface area contributed by atoms with Gasteiger partial charge < -0.3 is 0 Å². The van der Waals surface area contributed by atoms with Crippen LogP contribution >= 0.6 is 0 Å². The van der Waals surface area contributed by atoms with E-state index in [2.05, 4.69) is 0 Å². The lowest BCUT2D eigenvalue weighted by Crippen LogP contribution is -2.19. The zero-order valence-electron chi connectivity index (χ0n) is 3.36. The third-order valence-corrected chi connectivity index (χ3v) is 1.61. The molecule has 0 saturated heterocycles. The molecule has 0 aromatic heterocycles. The smallest absolute Gasteiger partial charge is 0.168 e. The Morgan fingerprint density at radius 2 is 1.33 bits per heavy atom. The van der Waals surface area contributed by atoms with Gasteiger partial charge in [-0.3, -0.25) is 0 Å². The maximum atomic E-state index is 10.9. The molecular weight excluding hydrogens is 177 g/mol. The standard InChI is InChI=1S/CHF3O2S2.CH4/c2-1(3,4)8(5,6)7;/h(H,5,6,7);1H4/p+1. The summed E-state index contributed by atoms with van der Waals surface area (Å²) in [5, 5.41) is 0. The quantitative estimate of drug-likeness (QED) is 0.404. The van der Waals surface area contributed by atoms with Crippen molar-refractivity contribution < 1.29 is 21.6 Å². The van der Waals surface area contributed by atoms with Crippen molar-refractivity contribution in [3.8, 4) is 0 Å². The van der Waals surface area contributed by atoms with E-state index in [0.29, 0.717) is 0 Å². The predicted octanol–water partition coefficient (Wildman–Crippen LogP) is 0.484. The number of alkyl halides is 3. The van der Waals surface area contributed by atoms with Gasteiger partial charge in [0.05, 0.1) is 11.7 Å². The third kappa shape index (κ3) is 3.63. The van der Waals surface area contributed by atoms with Crippen molar-refractivity contribution in [1.82, 2.24) is 0 Å². The first-order valence-corrected chi connectivity index (χ1v) is 4.02. The van der Waals surface area contributed by atoms with Gasteiger partial charge in [-0.05, 0) is 0 Å². The average Bonchev–Trinajstić information content (AvgIpc) is 1.25. The Kier molecular flexibility index (Phi) is 3.66. The lowest BCUT2D eigenvalue weighted by molar-refractivity contribution is -0.0409. The highest BCUT2D eigenvalue weighted by Gasteiger charge is 2.48. The first kappa shape index (κ1) is 11.8. The molecule has 0 unspecified atom stereocenters. The summed E-state index contributed by atoms with van der Waals surface area (Å²) in [5.41, 5.74) is -5.18. The molecule has 58 valence electrons. The van der Waals surface area contributed by atoms with Crippen molar-refractivity contribution >= 4 is 20.5 Å². The molecule has 0 bridgehead atoms. The van der Waals surface area contributed by atoms with E-state index < -0.39 is 14.4 Å². The molecule has 0 amide bonds. The molecule has 0 atom stereocenters. The van der Waals surface area contributed by atoms with Gasteiger partial charge in [-0.2, -0.15) is 21.6 Å². The van der Waals surface area contributed by atoms with Crippen molar-refractivity contribution in [2.45, 2.75) is 12.9 Å². The normalized spacial score (nSPS) is 12.4. The minimum Gasteiger partial charge on any atom is -0.168 e. The van der Waals surface area contributed by atoms with Gasteiger partial charge in [0.25, 0.3) is 0 Å². The van der Waals surface area contributed by atoms with E-state index in [0.717, 1.165) is 0 Å². The highest BCUT2D eigenvalue weighted by Crippen LogP contribution is 2.21. The Labute approximate surface area is 55.8 Å². The van der Waals surface area contributed by atoms with Gasteiger partial charge in [0.2, 0.25) is 0 Å². The zero-order chi connectivity index (χ0) is 7.00. The van der Waals surface area contributed by atoms with Gasteiger partial charge in [-0.1, -0.05) is 7.43 Å². The van der Waals surface area contributed by atoms with Gasteiger partial charge in [0.1, 0.15) is 0 Å². The predicted molar refractivity (Wildman–Crippen MR) is 31.9 cm³/mol. The summed E-state index contributed by atoms with van der Waals surface area (Å²) in [6.07, 6.45) is 0. The summed E-state index contributed by atoms with van der Waals surface area (Å²) >= 11 is 1.50. The van der Waals surface area contributed by atoms with Crippen LogP contribution < -0.4 is 0 Å². The number of rotatable bonds is 0. The summed E-state index contributed by atoms with van der Waals surface area (Å²) < 4.78 is 51.7. The highest BCUT2D eigenvalue weighted by atomic mass is 33.1. The van der Waals surface area contributed by atoms with E-state index in [1.807, 2.05) is 0 Å². The van der Waals surface area contributed by atoms with Crippen molar-refractivity contribution in [1.29, 1.82) is 0 Å². The molecule has 0 rings (SSSR count). The van der Waals surface area contributed by atoms with Gasteiger partial charge in [-0.15, -0.1) is 0 Å². The monoisotopic (exact) mass is 183 g/mol. The first-order valence-electron chi connectivity index (χ1n) is 1.31. The van der Waals surface area contributed by atoms with E-state index >= 15 is 0 Å². The third-order valence-electron chi connectivity index (χ3n) is 0.305. The molecule has 0 aliphatic heterocycles. The topological polar surface area (TPSA) is 34.1 Å². The number of halogens is 3. The van der Waals surface area contributed by atoms with Crippen LogP contribution in [0.2, 0.25) is 0 Å². The van der Waals surface area contributed by atoms with Crippen LogP contribution in [0.1, 0.15) is 7.43 Å². The van der Waals surface area contributed by atoms with E-state index in [9.17, 15) is 21.6 Å².